The summed E-state index contributed by atoms with van der Waals surface area (Å²) in [6.45, 7) is 10.9. The number of aromatic nitrogens is 4. The van der Waals surface area contributed by atoms with E-state index in [2.05, 4.69) is 14.9 Å². The Hall–Kier alpha value is -4.06. The van der Waals surface area contributed by atoms with Crippen LogP contribution in [0.1, 0.15) is 18.2 Å². The van der Waals surface area contributed by atoms with E-state index in [1.54, 1.807) is 65.7 Å². The van der Waals surface area contributed by atoms with Gasteiger partial charge in [-0.15, -0.1) is 0 Å². The highest BCUT2D eigenvalue weighted by atomic mass is 19.4. The van der Waals surface area contributed by atoms with Crippen molar-refractivity contribution in [3.63, 3.8) is 0 Å². The average molecular weight is 437 g/mol. The lowest BCUT2D eigenvalue weighted by atomic mass is 10.2. The number of hydrogen-bond acceptors (Lipinski definition) is 3. The van der Waals surface area contributed by atoms with E-state index in [-0.39, 0.29) is 6.01 Å². The van der Waals surface area contributed by atoms with Gasteiger partial charge in [-0.1, -0.05) is 18.2 Å². The van der Waals surface area contributed by atoms with E-state index in [9.17, 15) is 13.2 Å². The molecule has 0 spiro atoms. The highest BCUT2D eigenvalue weighted by Crippen LogP contribution is 2.34. The Bertz CT molecular complexity index is 1300. The van der Waals surface area contributed by atoms with Crippen LogP contribution in [-0.2, 0) is 6.18 Å². The van der Waals surface area contributed by atoms with E-state index in [1.807, 2.05) is 0 Å². The lowest BCUT2D eigenvalue weighted by Gasteiger charge is -2.13. The van der Waals surface area contributed by atoms with Crippen molar-refractivity contribution in [1.82, 2.24) is 19.3 Å². The molecule has 0 saturated heterocycles. The normalized spacial score (nSPS) is 11.4. The first-order valence-electron chi connectivity index (χ1n) is 9.75. The minimum absolute atomic E-state index is 0.190. The molecule has 4 rings (SSSR count). The quantitative estimate of drug-likeness (QED) is 0.360. The minimum Gasteiger partial charge on any atom is -0.465 e. The molecule has 2 heterocycles. The number of rotatable bonds is 5. The number of hydrogen-bond donors (Lipinski definition) is 0. The third kappa shape index (κ3) is 3.83. The molecule has 9 heteroatoms. The van der Waals surface area contributed by atoms with Gasteiger partial charge in [-0.25, -0.2) is 9.53 Å². The van der Waals surface area contributed by atoms with Gasteiger partial charge in [0.25, 0.3) is 0 Å². The van der Waals surface area contributed by atoms with Crippen LogP contribution in [-0.4, -0.2) is 25.9 Å². The van der Waals surface area contributed by atoms with Crippen LogP contribution >= 0.6 is 0 Å². The molecule has 2 aromatic heterocycles. The summed E-state index contributed by atoms with van der Waals surface area (Å²) in [5.74, 6) is 0. The highest BCUT2D eigenvalue weighted by molar-refractivity contribution is 5.64. The third-order valence-electron chi connectivity index (χ3n) is 4.89. The summed E-state index contributed by atoms with van der Waals surface area (Å²) in [6.07, 6.45) is -2.85. The molecule has 0 N–H and O–H groups in total. The second kappa shape index (κ2) is 8.23. The van der Waals surface area contributed by atoms with E-state index in [1.165, 1.54) is 6.07 Å². The molecular formula is C23H18F3N5O. The van der Waals surface area contributed by atoms with Crippen molar-refractivity contribution < 1.29 is 17.9 Å². The van der Waals surface area contributed by atoms with Crippen LogP contribution in [0, 0.1) is 13.5 Å². The zero-order chi connectivity index (χ0) is 22.9. The number of nitrogens with zero attached hydrogens (tertiary/aromatic N) is 5. The molecule has 2 aromatic carbocycles. The van der Waals surface area contributed by atoms with Crippen LogP contribution in [0.25, 0.3) is 27.6 Å². The highest BCUT2D eigenvalue weighted by Gasteiger charge is 2.31. The van der Waals surface area contributed by atoms with E-state index in [0.717, 1.165) is 17.8 Å². The second-order valence-electron chi connectivity index (χ2n) is 6.90. The smallest absolute Gasteiger partial charge is 0.416 e. The van der Waals surface area contributed by atoms with Crippen molar-refractivity contribution in [1.29, 1.82) is 0 Å². The zero-order valence-electron chi connectivity index (χ0n) is 17.3. The minimum atomic E-state index is -4.46. The van der Waals surface area contributed by atoms with Crippen molar-refractivity contribution in [3.05, 3.63) is 83.5 Å². The SMILES string of the molecule is [C-]#[N+]c1ccc(-n2nccc2-c2nc(OCC)n(-c3cccc(C(F)(F)F)c3)c2C)cc1. The molecule has 0 aliphatic carbocycles. The first-order valence-corrected chi connectivity index (χ1v) is 9.75. The maximum absolute atomic E-state index is 13.3. The molecule has 162 valence electrons. The number of alkyl halides is 3. The summed E-state index contributed by atoms with van der Waals surface area (Å²) in [4.78, 5) is 7.97. The van der Waals surface area contributed by atoms with Gasteiger partial charge in [-0.05, 0) is 50.2 Å². The maximum Gasteiger partial charge on any atom is 0.416 e. The van der Waals surface area contributed by atoms with Gasteiger partial charge in [0, 0.05) is 0 Å². The van der Waals surface area contributed by atoms with E-state index in [4.69, 9.17) is 11.3 Å². The van der Waals surface area contributed by atoms with Gasteiger partial charge >= 0.3 is 12.2 Å². The zero-order valence-corrected chi connectivity index (χ0v) is 17.3. The number of halogens is 3. The largest absolute Gasteiger partial charge is 0.465 e. The predicted octanol–water partition coefficient (Wildman–Crippen LogP) is 6.00. The Morgan fingerprint density at radius 1 is 1.06 bits per heavy atom. The Morgan fingerprint density at radius 3 is 2.47 bits per heavy atom. The van der Waals surface area contributed by atoms with Gasteiger partial charge in [0.1, 0.15) is 5.69 Å². The molecule has 0 aliphatic rings. The summed E-state index contributed by atoms with van der Waals surface area (Å²) in [5, 5.41) is 4.36. The topological polar surface area (TPSA) is 49.2 Å². The molecule has 0 saturated carbocycles. The Balaban J connectivity index is 1.86. The van der Waals surface area contributed by atoms with E-state index in [0.29, 0.717) is 35.1 Å². The van der Waals surface area contributed by atoms with Crippen LogP contribution in [0.15, 0.2) is 60.8 Å². The predicted molar refractivity (Wildman–Crippen MR) is 113 cm³/mol. The first-order chi connectivity index (χ1) is 15.3. The molecule has 0 atom stereocenters. The van der Waals surface area contributed by atoms with Crippen LogP contribution < -0.4 is 4.74 Å². The third-order valence-corrected chi connectivity index (χ3v) is 4.89. The standard InChI is InChI=1S/C23H18F3N5O/c1-4-32-22-29-21(15(2)30(22)19-7-5-6-16(14-19)23(24,25)26)20-12-13-28-31(20)18-10-8-17(27-3)9-11-18/h5-14H,4H2,1-2H3. The lowest BCUT2D eigenvalue weighted by molar-refractivity contribution is -0.137. The van der Waals surface area contributed by atoms with Gasteiger partial charge in [-0.2, -0.15) is 23.3 Å². The molecule has 0 unspecified atom stereocenters. The average Bonchev–Trinajstić information content (AvgIpc) is 3.38. The molecule has 4 aromatic rings. The molecule has 32 heavy (non-hydrogen) atoms. The van der Waals surface area contributed by atoms with Crippen LogP contribution in [0.2, 0.25) is 0 Å². The van der Waals surface area contributed by atoms with Gasteiger partial charge in [0.05, 0.1) is 47.7 Å². The number of imidazole rings is 1. The molecular weight excluding hydrogens is 419 g/mol. The fraction of sp³-hybridized carbons (Fsp3) is 0.174. The van der Waals surface area contributed by atoms with Gasteiger partial charge in [0.15, 0.2) is 5.69 Å². The van der Waals surface area contributed by atoms with Crippen LogP contribution in [0.3, 0.4) is 0 Å². The Labute approximate surface area is 182 Å². The fourth-order valence-electron chi connectivity index (χ4n) is 3.43. The summed E-state index contributed by atoms with van der Waals surface area (Å²) < 4.78 is 48.7. The molecule has 0 radical (unpaired) electrons. The number of ether oxygens (including phenoxy) is 1. The molecule has 0 amide bonds. The number of benzene rings is 2. The van der Waals surface area contributed by atoms with Crippen LogP contribution in [0.5, 0.6) is 6.01 Å². The first kappa shape index (κ1) is 21.2. The fourth-order valence-corrected chi connectivity index (χ4v) is 3.43. The van der Waals surface area contributed by atoms with Crippen molar-refractivity contribution in [2.45, 2.75) is 20.0 Å². The van der Waals surface area contributed by atoms with Crippen molar-refractivity contribution in [2.75, 3.05) is 6.61 Å². The van der Waals surface area contributed by atoms with Crippen molar-refractivity contribution in [3.8, 4) is 28.8 Å². The van der Waals surface area contributed by atoms with Gasteiger partial charge < -0.3 is 4.74 Å². The summed E-state index contributed by atoms with van der Waals surface area (Å²) >= 11 is 0. The van der Waals surface area contributed by atoms with Gasteiger partial charge in [0.2, 0.25) is 0 Å². The van der Waals surface area contributed by atoms with Crippen molar-refractivity contribution in [2.24, 2.45) is 0 Å². The monoisotopic (exact) mass is 437 g/mol. The summed E-state index contributed by atoms with van der Waals surface area (Å²) in [5.41, 5.74) is 2.55. The van der Waals surface area contributed by atoms with E-state index < -0.39 is 11.7 Å². The molecule has 0 bridgehead atoms. The lowest BCUT2D eigenvalue weighted by Crippen LogP contribution is -2.08. The Morgan fingerprint density at radius 2 is 1.81 bits per heavy atom. The summed E-state index contributed by atoms with van der Waals surface area (Å²) in [6, 6.07) is 13.9. The molecule has 0 fully saturated rings. The van der Waals surface area contributed by atoms with Crippen LogP contribution in [0.4, 0.5) is 18.9 Å². The Kier molecular flexibility index (Phi) is 5.45. The molecule has 0 aliphatic heterocycles. The maximum atomic E-state index is 13.3. The second-order valence-corrected chi connectivity index (χ2v) is 6.90. The summed E-state index contributed by atoms with van der Waals surface area (Å²) in [7, 11) is 0. The molecule has 6 nitrogen and oxygen atoms in total. The van der Waals surface area contributed by atoms with Gasteiger partial charge in [-0.3, -0.25) is 4.57 Å². The van der Waals surface area contributed by atoms with Crippen molar-refractivity contribution >= 4 is 5.69 Å². The van der Waals surface area contributed by atoms with E-state index >= 15 is 0 Å².